The lowest BCUT2D eigenvalue weighted by molar-refractivity contribution is 0.592. The van der Waals surface area contributed by atoms with Crippen molar-refractivity contribution in [2.75, 3.05) is 0 Å². The lowest BCUT2D eigenvalue weighted by Gasteiger charge is -2.25. The quantitative estimate of drug-likeness (QED) is 0.241. The average Bonchev–Trinajstić information content (AvgIpc) is 2.87. The van der Waals surface area contributed by atoms with Gasteiger partial charge in [0.25, 0.3) is 0 Å². The van der Waals surface area contributed by atoms with Crippen LogP contribution < -0.4 is 0 Å². The van der Waals surface area contributed by atoms with Gasteiger partial charge in [-0.2, -0.15) is 0 Å². The first-order chi connectivity index (χ1) is 16.5. The number of benzene rings is 5. The van der Waals surface area contributed by atoms with Gasteiger partial charge < -0.3 is 0 Å². The van der Waals surface area contributed by atoms with Crippen LogP contribution >= 0.6 is 0 Å². The highest BCUT2D eigenvalue weighted by Gasteiger charge is 2.23. The summed E-state index contributed by atoms with van der Waals surface area (Å²) in [6, 6.07) is 42.4. The standard InChI is InChI=1S/C34H28/c1-34(2,3)33-19-11-10-12-24(33)23-20-21-31-29-17-7-6-15-27(29)25-13-4-5-14-26(25)28-16-8-9-18-30(28)32(31)22-23/h4-22H,1-3H3. The molecule has 0 spiro atoms. The van der Waals surface area contributed by atoms with Crippen LogP contribution in [0.5, 0.6) is 0 Å². The first kappa shape index (κ1) is 20.7. The molecule has 0 bridgehead atoms. The molecular formula is C34H28. The van der Waals surface area contributed by atoms with Crippen LogP contribution in [0.1, 0.15) is 26.3 Å². The van der Waals surface area contributed by atoms with Crippen LogP contribution in [0.15, 0.2) is 115 Å². The normalized spacial score (nSPS) is 12.0. The van der Waals surface area contributed by atoms with Crippen molar-refractivity contribution in [1.82, 2.24) is 0 Å². The predicted molar refractivity (Wildman–Crippen MR) is 146 cm³/mol. The van der Waals surface area contributed by atoms with E-state index in [4.69, 9.17) is 0 Å². The molecule has 0 atom stereocenters. The summed E-state index contributed by atoms with van der Waals surface area (Å²) >= 11 is 0. The Balaban J connectivity index is 1.70. The highest BCUT2D eigenvalue weighted by molar-refractivity contribution is 6.03. The van der Waals surface area contributed by atoms with E-state index in [1.807, 2.05) is 0 Å². The Kier molecular flexibility index (Phi) is 4.78. The van der Waals surface area contributed by atoms with E-state index >= 15 is 0 Å². The smallest absolute Gasteiger partial charge is 0.00928 e. The van der Waals surface area contributed by atoms with Gasteiger partial charge in [-0.15, -0.1) is 0 Å². The Morgan fingerprint density at radius 2 is 0.706 bits per heavy atom. The fraction of sp³-hybridized carbons (Fsp3) is 0.118. The summed E-state index contributed by atoms with van der Waals surface area (Å²) < 4.78 is 0. The van der Waals surface area contributed by atoms with Gasteiger partial charge in [0.05, 0.1) is 0 Å². The summed E-state index contributed by atoms with van der Waals surface area (Å²) in [7, 11) is 0. The van der Waals surface area contributed by atoms with Crippen LogP contribution in [-0.4, -0.2) is 0 Å². The summed E-state index contributed by atoms with van der Waals surface area (Å²) in [6.07, 6.45) is 0. The lowest BCUT2D eigenvalue weighted by Crippen LogP contribution is -2.12. The van der Waals surface area contributed by atoms with Crippen LogP contribution in [0.4, 0.5) is 0 Å². The summed E-state index contributed by atoms with van der Waals surface area (Å²) in [5.74, 6) is 0. The third-order valence-electron chi connectivity index (χ3n) is 7.01. The lowest BCUT2D eigenvalue weighted by atomic mass is 9.78. The Morgan fingerprint density at radius 1 is 0.353 bits per heavy atom. The van der Waals surface area contributed by atoms with E-state index < -0.39 is 0 Å². The van der Waals surface area contributed by atoms with E-state index in [0.717, 1.165) is 0 Å². The molecule has 1 aliphatic carbocycles. The molecular weight excluding hydrogens is 408 g/mol. The Hall–Kier alpha value is -3.90. The largest absolute Gasteiger partial charge is 0.0619 e. The van der Waals surface area contributed by atoms with Gasteiger partial charge in [0.1, 0.15) is 0 Å². The number of rotatable bonds is 1. The second kappa shape index (κ2) is 7.85. The first-order valence-electron chi connectivity index (χ1n) is 12.0. The molecule has 0 nitrogen and oxygen atoms in total. The highest BCUT2D eigenvalue weighted by Crippen LogP contribution is 2.48. The van der Waals surface area contributed by atoms with Crippen molar-refractivity contribution < 1.29 is 0 Å². The van der Waals surface area contributed by atoms with Crippen LogP contribution in [0, 0.1) is 0 Å². The molecule has 34 heavy (non-hydrogen) atoms. The zero-order valence-electron chi connectivity index (χ0n) is 20.0. The molecule has 1 aliphatic rings. The molecule has 0 unspecified atom stereocenters. The van der Waals surface area contributed by atoms with Crippen LogP contribution in [0.3, 0.4) is 0 Å². The minimum atomic E-state index is 0.0737. The summed E-state index contributed by atoms with van der Waals surface area (Å²) in [5, 5.41) is 0. The van der Waals surface area contributed by atoms with E-state index in [1.165, 1.54) is 61.2 Å². The Labute approximate surface area is 202 Å². The number of fused-ring (bicyclic) bond motifs is 8. The molecule has 0 aromatic heterocycles. The van der Waals surface area contributed by atoms with Crippen molar-refractivity contribution in [1.29, 1.82) is 0 Å². The maximum atomic E-state index is 2.41. The zero-order valence-corrected chi connectivity index (χ0v) is 20.0. The van der Waals surface area contributed by atoms with Crippen molar-refractivity contribution in [3.05, 3.63) is 121 Å². The fourth-order valence-electron chi connectivity index (χ4n) is 5.42. The summed E-state index contributed by atoms with van der Waals surface area (Å²) in [4.78, 5) is 0. The maximum absolute atomic E-state index is 2.41. The minimum Gasteiger partial charge on any atom is -0.0619 e. The Bertz CT molecular complexity index is 1520. The molecule has 0 amide bonds. The van der Waals surface area contributed by atoms with Gasteiger partial charge in [0, 0.05) is 0 Å². The van der Waals surface area contributed by atoms with Gasteiger partial charge in [-0.1, -0.05) is 130 Å². The molecule has 0 saturated heterocycles. The van der Waals surface area contributed by atoms with Crippen LogP contribution in [-0.2, 0) is 5.41 Å². The fourth-order valence-corrected chi connectivity index (χ4v) is 5.42. The van der Waals surface area contributed by atoms with E-state index in [2.05, 4.69) is 136 Å². The van der Waals surface area contributed by atoms with Gasteiger partial charge in [-0.25, -0.2) is 0 Å². The van der Waals surface area contributed by atoms with Gasteiger partial charge in [0.15, 0.2) is 0 Å². The molecule has 0 aliphatic heterocycles. The molecule has 0 fully saturated rings. The second-order valence-electron chi connectivity index (χ2n) is 10.2. The third-order valence-corrected chi connectivity index (χ3v) is 7.01. The van der Waals surface area contributed by atoms with Gasteiger partial charge >= 0.3 is 0 Å². The van der Waals surface area contributed by atoms with E-state index in [-0.39, 0.29) is 5.41 Å². The minimum absolute atomic E-state index is 0.0737. The Morgan fingerprint density at radius 3 is 1.15 bits per heavy atom. The van der Waals surface area contributed by atoms with Gasteiger partial charge in [-0.05, 0) is 72.7 Å². The molecule has 0 saturated carbocycles. The van der Waals surface area contributed by atoms with E-state index in [1.54, 1.807) is 0 Å². The molecule has 6 rings (SSSR count). The molecule has 0 radical (unpaired) electrons. The summed E-state index contributed by atoms with van der Waals surface area (Å²) in [5.41, 5.74) is 14.3. The van der Waals surface area contributed by atoms with Crippen LogP contribution in [0.2, 0.25) is 0 Å². The molecule has 5 aromatic rings. The maximum Gasteiger partial charge on any atom is -0.00928 e. The van der Waals surface area contributed by atoms with Crippen molar-refractivity contribution >= 4 is 0 Å². The van der Waals surface area contributed by atoms with Crippen molar-refractivity contribution in [3.8, 4) is 55.6 Å². The molecule has 0 N–H and O–H groups in total. The monoisotopic (exact) mass is 436 g/mol. The summed E-state index contributed by atoms with van der Waals surface area (Å²) in [6.45, 7) is 6.88. The van der Waals surface area contributed by atoms with Crippen LogP contribution in [0.25, 0.3) is 55.6 Å². The van der Waals surface area contributed by atoms with Crippen molar-refractivity contribution in [2.45, 2.75) is 26.2 Å². The second-order valence-corrected chi connectivity index (χ2v) is 10.2. The first-order valence-corrected chi connectivity index (χ1v) is 12.0. The van der Waals surface area contributed by atoms with Crippen molar-refractivity contribution in [2.24, 2.45) is 0 Å². The molecule has 0 heteroatoms. The molecule has 5 aromatic carbocycles. The third kappa shape index (κ3) is 3.30. The number of hydrogen-bond acceptors (Lipinski definition) is 0. The molecule has 164 valence electrons. The highest BCUT2D eigenvalue weighted by atomic mass is 14.3. The van der Waals surface area contributed by atoms with E-state index in [0.29, 0.717) is 0 Å². The van der Waals surface area contributed by atoms with Crippen molar-refractivity contribution in [3.63, 3.8) is 0 Å². The van der Waals surface area contributed by atoms with E-state index in [9.17, 15) is 0 Å². The van der Waals surface area contributed by atoms with Gasteiger partial charge in [0.2, 0.25) is 0 Å². The molecule has 0 heterocycles. The number of hydrogen-bond donors (Lipinski definition) is 0. The predicted octanol–water partition coefficient (Wildman–Crippen LogP) is 9.63. The topological polar surface area (TPSA) is 0 Å². The SMILES string of the molecule is CC(C)(C)c1ccccc1-c1ccc2c(c1)-c1ccccc1-c1ccccc1-c1ccccc1-2. The average molecular weight is 437 g/mol. The van der Waals surface area contributed by atoms with Gasteiger partial charge in [-0.3, -0.25) is 0 Å². The zero-order chi connectivity index (χ0) is 23.3.